The standard InChI is InChI=1S/C24H24N2O6/c1-30-15-6-7-18(31-2)17(11-15)26-22(27)12-4-3-5-14(8-12)25-23(28)20-13-9-16-19(10-13)32-24(29)21(16)20/h3-8,11,13,16,19-21H,9-10H2,1-2H3,(H,25,28)(H,26,27)/t13-,16+,19-,20+,21+/m0/s1. The molecule has 2 aliphatic carbocycles. The van der Waals surface area contributed by atoms with Crippen LogP contribution in [0.4, 0.5) is 11.4 Å². The maximum absolute atomic E-state index is 13.0. The van der Waals surface area contributed by atoms with Crippen LogP contribution >= 0.6 is 0 Å². The van der Waals surface area contributed by atoms with Gasteiger partial charge in [-0.1, -0.05) is 6.07 Å². The van der Waals surface area contributed by atoms with Gasteiger partial charge in [-0.05, 0) is 49.1 Å². The Kier molecular flexibility index (Phi) is 5.00. The molecule has 2 aromatic rings. The van der Waals surface area contributed by atoms with Crippen LogP contribution in [-0.4, -0.2) is 38.1 Å². The number of nitrogens with one attached hydrogen (secondary N) is 2. The second-order valence-electron chi connectivity index (χ2n) is 8.51. The van der Waals surface area contributed by atoms with E-state index in [9.17, 15) is 14.4 Å². The Morgan fingerprint density at radius 3 is 2.66 bits per heavy atom. The van der Waals surface area contributed by atoms with E-state index in [1.54, 1.807) is 49.6 Å². The third-order valence-corrected chi connectivity index (χ3v) is 6.83. The minimum absolute atomic E-state index is 0.0119. The van der Waals surface area contributed by atoms with E-state index in [1.165, 1.54) is 7.11 Å². The molecular weight excluding hydrogens is 412 g/mol. The zero-order chi connectivity index (χ0) is 22.4. The highest BCUT2D eigenvalue weighted by Crippen LogP contribution is 2.57. The number of rotatable bonds is 6. The molecule has 3 aliphatic rings. The fraction of sp³-hybridized carbons (Fsp3) is 0.375. The van der Waals surface area contributed by atoms with Crippen molar-refractivity contribution in [2.75, 3.05) is 24.9 Å². The Balaban J connectivity index is 1.30. The summed E-state index contributed by atoms with van der Waals surface area (Å²) in [7, 11) is 3.06. The maximum Gasteiger partial charge on any atom is 0.310 e. The van der Waals surface area contributed by atoms with E-state index in [0.29, 0.717) is 28.4 Å². The average molecular weight is 436 g/mol. The highest BCUT2D eigenvalue weighted by atomic mass is 16.6. The van der Waals surface area contributed by atoms with E-state index in [1.807, 2.05) is 0 Å². The predicted molar refractivity (Wildman–Crippen MR) is 116 cm³/mol. The second-order valence-corrected chi connectivity index (χ2v) is 8.51. The number of hydrogen-bond donors (Lipinski definition) is 2. The predicted octanol–water partition coefficient (Wildman–Crippen LogP) is 3.09. The molecule has 5 atom stereocenters. The second kappa shape index (κ2) is 7.85. The largest absolute Gasteiger partial charge is 0.497 e. The summed E-state index contributed by atoms with van der Waals surface area (Å²) in [5.74, 6) is -0.0772. The molecule has 2 bridgehead atoms. The lowest BCUT2D eigenvalue weighted by molar-refractivity contribution is -0.145. The number of carbonyl (C=O) groups is 3. The van der Waals surface area contributed by atoms with Crippen LogP contribution in [-0.2, 0) is 14.3 Å². The molecule has 0 aromatic heterocycles. The number of methoxy groups -OCH3 is 2. The summed E-state index contributed by atoms with van der Waals surface area (Å²) >= 11 is 0. The summed E-state index contributed by atoms with van der Waals surface area (Å²) in [6, 6.07) is 11.8. The van der Waals surface area contributed by atoms with Crippen LogP contribution in [0.25, 0.3) is 0 Å². The third kappa shape index (κ3) is 3.36. The number of anilines is 2. The first kappa shape index (κ1) is 20.4. The summed E-state index contributed by atoms with van der Waals surface area (Å²) in [6.07, 6.45) is 1.61. The van der Waals surface area contributed by atoms with Crippen molar-refractivity contribution in [3.63, 3.8) is 0 Å². The molecule has 0 spiro atoms. The van der Waals surface area contributed by atoms with Crippen LogP contribution in [0.5, 0.6) is 11.5 Å². The van der Waals surface area contributed by atoms with Crippen molar-refractivity contribution in [1.82, 2.24) is 0 Å². The van der Waals surface area contributed by atoms with E-state index < -0.39 is 0 Å². The van der Waals surface area contributed by atoms with Crippen molar-refractivity contribution in [2.24, 2.45) is 23.7 Å². The molecule has 2 N–H and O–H groups in total. The zero-order valence-electron chi connectivity index (χ0n) is 17.8. The molecule has 5 rings (SSSR count). The summed E-state index contributed by atoms with van der Waals surface area (Å²) in [5, 5.41) is 5.72. The highest BCUT2D eigenvalue weighted by Gasteiger charge is 2.63. The first-order valence-corrected chi connectivity index (χ1v) is 10.6. The summed E-state index contributed by atoms with van der Waals surface area (Å²) in [4.78, 5) is 38.1. The average Bonchev–Trinajstić information content (AvgIpc) is 3.42. The first-order chi connectivity index (χ1) is 15.5. The van der Waals surface area contributed by atoms with Crippen molar-refractivity contribution in [3.8, 4) is 11.5 Å². The van der Waals surface area contributed by atoms with Gasteiger partial charge in [-0.15, -0.1) is 0 Å². The molecule has 3 fully saturated rings. The molecule has 2 saturated carbocycles. The van der Waals surface area contributed by atoms with Gasteiger partial charge >= 0.3 is 5.97 Å². The number of hydrogen-bond acceptors (Lipinski definition) is 6. The van der Waals surface area contributed by atoms with Crippen LogP contribution in [0.3, 0.4) is 0 Å². The number of amides is 2. The minimum Gasteiger partial charge on any atom is -0.497 e. The number of esters is 1. The van der Waals surface area contributed by atoms with Crippen LogP contribution in [0.1, 0.15) is 23.2 Å². The van der Waals surface area contributed by atoms with Crippen molar-refractivity contribution in [2.45, 2.75) is 18.9 Å². The van der Waals surface area contributed by atoms with Gasteiger partial charge in [0.15, 0.2) is 0 Å². The van der Waals surface area contributed by atoms with Gasteiger partial charge in [-0.2, -0.15) is 0 Å². The summed E-state index contributed by atoms with van der Waals surface area (Å²) in [5.41, 5.74) is 1.36. The molecule has 2 aromatic carbocycles. The Morgan fingerprint density at radius 1 is 1.03 bits per heavy atom. The van der Waals surface area contributed by atoms with Crippen molar-refractivity contribution < 1.29 is 28.6 Å². The maximum atomic E-state index is 13.0. The van der Waals surface area contributed by atoms with Gasteiger partial charge in [-0.3, -0.25) is 14.4 Å². The SMILES string of the molecule is COc1ccc(OC)c(NC(=O)c2cccc(NC(=O)[C@@H]3[C@H]4C[C@H]5[C@H]3C(=O)O[C@H]5C4)c2)c1. The van der Waals surface area contributed by atoms with Crippen molar-refractivity contribution in [1.29, 1.82) is 0 Å². The van der Waals surface area contributed by atoms with Gasteiger partial charge in [0, 0.05) is 23.2 Å². The van der Waals surface area contributed by atoms with Gasteiger partial charge in [0.25, 0.3) is 5.91 Å². The normalized spacial score (nSPS) is 27.1. The van der Waals surface area contributed by atoms with Crippen LogP contribution in [0, 0.1) is 23.7 Å². The lowest BCUT2D eigenvalue weighted by Gasteiger charge is -2.23. The molecule has 8 nitrogen and oxygen atoms in total. The molecular formula is C24H24N2O6. The third-order valence-electron chi connectivity index (χ3n) is 6.83. The van der Waals surface area contributed by atoms with E-state index in [0.717, 1.165) is 12.8 Å². The molecule has 0 radical (unpaired) electrons. The fourth-order valence-electron chi connectivity index (χ4n) is 5.43. The Labute approximate surface area is 185 Å². The molecule has 0 unspecified atom stereocenters. The lowest BCUT2D eigenvalue weighted by atomic mass is 9.79. The fourth-order valence-corrected chi connectivity index (χ4v) is 5.43. The lowest BCUT2D eigenvalue weighted by Crippen LogP contribution is -2.35. The van der Waals surface area contributed by atoms with Crippen LogP contribution in [0.15, 0.2) is 42.5 Å². The summed E-state index contributed by atoms with van der Waals surface area (Å²) in [6.45, 7) is 0. The van der Waals surface area contributed by atoms with E-state index in [4.69, 9.17) is 14.2 Å². The zero-order valence-corrected chi connectivity index (χ0v) is 17.8. The topological polar surface area (TPSA) is 103 Å². The van der Waals surface area contributed by atoms with E-state index in [-0.39, 0.29) is 47.6 Å². The molecule has 1 aliphatic heterocycles. The van der Waals surface area contributed by atoms with Gasteiger partial charge < -0.3 is 24.8 Å². The number of carbonyl (C=O) groups excluding carboxylic acids is 3. The number of benzene rings is 2. The highest BCUT2D eigenvalue weighted by molar-refractivity contribution is 6.06. The Hall–Kier alpha value is -3.55. The van der Waals surface area contributed by atoms with E-state index >= 15 is 0 Å². The van der Waals surface area contributed by atoms with Gasteiger partial charge in [0.2, 0.25) is 5.91 Å². The van der Waals surface area contributed by atoms with Gasteiger partial charge in [0.05, 0.1) is 31.7 Å². The first-order valence-electron chi connectivity index (χ1n) is 10.6. The quantitative estimate of drug-likeness (QED) is 0.675. The Morgan fingerprint density at radius 2 is 1.88 bits per heavy atom. The Bertz CT molecular complexity index is 1100. The van der Waals surface area contributed by atoms with Crippen LogP contribution < -0.4 is 20.1 Å². The van der Waals surface area contributed by atoms with Gasteiger partial charge in [-0.25, -0.2) is 0 Å². The summed E-state index contributed by atoms with van der Waals surface area (Å²) < 4.78 is 15.9. The molecule has 1 saturated heterocycles. The molecule has 2 amide bonds. The van der Waals surface area contributed by atoms with Crippen molar-refractivity contribution in [3.05, 3.63) is 48.0 Å². The molecule has 32 heavy (non-hydrogen) atoms. The van der Waals surface area contributed by atoms with Crippen molar-refractivity contribution >= 4 is 29.2 Å². The monoisotopic (exact) mass is 436 g/mol. The smallest absolute Gasteiger partial charge is 0.310 e. The minimum atomic E-state index is -0.371. The van der Waals surface area contributed by atoms with E-state index in [2.05, 4.69) is 10.6 Å². The van der Waals surface area contributed by atoms with Crippen LogP contribution in [0.2, 0.25) is 0 Å². The molecule has 166 valence electrons. The number of ether oxygens (including phenoxy) is 3. The molecule has 8 heteroatoms. The number of fused-ring (bicyclic) bond motifs is 1. The molecule has 1 heterocycles. The van der Waals surface area contributed by atoms with Gasteiger partial charge in [0.1, 0.15) is 17.6 Å².